The molecule has 0 atom stereocenters. The fraction of sp³-hybridized carbons (Fsp3) is 0.588. The van der Waals surface area contributed by atoms with E-state index in [0.29, 0.717) is 25.7 Å². The second-order valence-corrected chi connectivity index (χ2v) is 6.36. The molecule has 0 radical (unpaired) electrons. The van der Waals surface area contributed by atoms with Crippen molar-refractivity contribution in [2.75, 3.05) is 6.54 Å². The summed E-state index contributed by atoms with van der Waals surface area (Å²) in [4.78, 5) is 22.7. The molecular weight excluding hydrogens is 308 g/mol. The van der Waals surface area contributed by atoms with Crippen molar-refractivity contribution in [3.8, 4) is 0 Å². The standard InChI is InChI=1S/C17H24N4O3/c22-17(20-14-5-3-1-2-4-6-14)9-21(7-15-10-23-12-18-15)8-16-11-24-13-19-16/h10-14H,1-9H2,(H,20,22). The number of nitrogens with zero attached hydrogens (tertiary/aromatic N) is 3. The minimum atomic E-state index is 0.0499. The van der Waals surface area contributed by atoms with Gasteiger partial charge in [-0.05, 0) is 12.8 Å². The van der Waals surface area contributed by atoms with Crippen molar-refractivity contribution in [2.45, 2.75) is 57.7 Å². The van der Waals surface area contributed by atoms with Gasteiger partial charge in [-0.2, -0.15) is 0 Å². The van der Waals surface area contributed by atoms with Gasteiger partial charge in [0.05, 0.1) is 17.9 Å². The van der Waals surface area contributed by atoms with Crippen LogP contribution in [0.2, 0.25) is 0 Å². The van der Waals surface area contributed by atoms with Crippen LogP contribution in [-0.2, 0) is 17.9 Å². The number of rotatable bonds is 7. The van der Waals surface area contributed by atoms with E-state index in [0.717, 1.165) is 24.2 Å². The molecule has 24 heavy (non-hydrogen) atoms. The highest BCUT2D eigenvalue weighted by molar-refractivity contribution is 5.78. The molecule has 0 spiro atoms. The maximum atomic E-state index is 12.5. The predicted octanol–water partition coefficient (Wildman–Crippen LogP) is 2.50. The van der Waals surface area contributed by atoms with Gasteiger partial charge in [-0.15, -0.1) is 0 Å². The van der Waals surface area contributed by atoms with Crippen LogP contribution in [0.1, 0.15) is 49.9 Å². The van der Waals surface area contributed by atoms with Gasteiger partial charge >= 0.3 is 0 Å². The van der Waals surface area contributed by atoms with E-state index in [1.807, 2.05) is 4.90 Å². The summed E-state index contributed by atoms with van der Waals surface area (Å²) in [5.41, 5.74) is 1.58. The van der Waals surface area contributed by atoms with Crippen molar-refractivity contribution in [1.29, 1.82) is 0 Å². The Morgan fingerprint density at radius 1 is 1.04 bits per heavy atom. The van der Waals surface area contributed by atoms with Crippen molar-refractivity contribution in [1.82, 2.24) is 20.2 Å². The Hall–Kier alpha value is -2.15. The lowest BCUT2D eigenvalue weighted by atomic mass is 10.1. The van der Waals surface area contributed by atoms with Crippen LogP contribution in [0.25, 0.3) is 0 Å². The maximum absolute atomic E-state index is 12.5. The number of hydrogen-bond acceptors (Lipinski definition) is 6. The molecule has 1 aliphatic carbocycles. The second-order valence-electron chi connectivity index (χ2n) is 6.36. The Bertz CT molecular complexity index is 553. The lowest BCUT2D eigenvalue weighted by Crippen LogP contribution is -2.41. The summed E-state index contributed by atoms with van der Waals surface area (Å²) in [7, 11) is 0. The first-order valence-corrected chi connectivity index (χ1v) is 8.55. The number of aromatic nitrogens is 2. The number of oxazole rings is 2. The van der Waals surface area contributed by atoms with E-state index < -0.39 is 0 Å². The van der Waals surface area contributed by atoms with E-state index in [2.05, 4.69) is 15.3 Å². The van der Waals surface area contributed by atoms with Crippen LogP contribution in [0.5, 0.6) is 0 Å². The van der Waals surface area contributed by atoms with E-state index in [4.69, 9.17) is 8.83 Å². The van der Waals surface area contributed by atoms with Crippen LogP contribution in [-0.4, -0.2) is 33.4 Å². The van der Waals surface area contributed by atoms with Gasteiger partial charge in [-0.1, -0.05) is 25.7 Å². The highest BCUT2D eigenvalue weighted by Gasteiger charge is 2.18. The Balaban J connectivity index is 1.56. The second kappa shape index (κ2) is 8.63. The van der Waals surface area contributed by atoms with Crippen molar-refractivity contribution in [3.05, 3.63) is 36.7 Å². The highest BCUT2D eigenvalue weighted by atomic mass is 16.3. The third-order valence-corrected chi connectivity index (χ3v) is 4.33. The van der Waals surface area contributed by atoms with Gasteiger partial charge in [0, 0.05) is 19.1 Å². The number of hydrogen-bond donors (Lipinski definition) is 1. The van der Waals surface area contributed by atoms with Gasteiger partial charge < -0.3 is 14.2 Å². The molecule has 1 saturated carbocycles. The molecule has 130 valence electrons. The molecule has 1 amide bonds. The molecule has 1 N–H and O–H groups in total. The minimum Gasteiger partial charge on any atom is -0.451 e. The monoisotopic (exact) mass is 332 g/mol. The minimum absolute atomic E-state index is 0.0499. The summed E-state index contributed by atoms with van der Waals surface area (Å²) >= 11 is 0. The number of carbonyl (C=O) groups is 1. The van der Waals surface area contributed by atoms with Crippen molar-refractivity contribution in [3.63, 3.8) is 0 Å². The van der Waals surface area contributed by atoms with Crippen LogP contribution in [0.4, 0.5) is 0 Å². The third kappa shape index (κ3) is 5.19. The van der Waals surface area contributed by atoms with Crippen molar-refractivity contribution in [2.24, 2.45) is 0 Å². The molecule has 2 heterocycles. The summed E-state index contributed by atoms with van der Waals surface area (Å²) in [5.74, 6) is 0.0499. The topological polar surface area (TPSA) is 84.4 Å². The molecule has 2 aromatic rings. The van der Waals surface area contributed by atoms with Crippen molar-refractivity contribution < 1.29 is 13.6 Å². The summed E-state index contributed by atoms with van der Waals surface area (Å²) in [6.45, 7) is 1.36. The summed E-state index contributed by atoms with van der Waals surface area (Å²) in [6.07, 6.45) is 13.1. The smallest absolute Gasteiger partial charge is 0.234 e. The largest absolute Gasteiger partial charge is 0.451 e. The number of carbonyl (C=O) groups excluding carboxylic acids is 1. The Morgan fingerprint density at radius 2 is 1.62 bits per heavy atom. The Morgan fingerprint density at radius 3 is 2.12 bits per heavy atom. The molecule has 0 bridgehead atoms. The molecule has 0 aromatic carbocycles. The molecule has 7 nitrogen and oxygen atoms in total. The zero-order chi connectivity index (χ0) is 16.6. The van der Waals surface area contributed by atoms with Gasteiger partial charge in [0.25, 0.3) is 0 Å². The fourth-order valence-electron chi connectivity index (χ4n) is 3.16. The van der Waals surface area contributed by atoms with E-state index in [1.165, 1.54) is 38.5 Å². The number of amides is 1. The molecule has 1 aliphatic rings. The molecular formula is C17H24N4O3. The van der Waals surface area contributed by atoms with Crippen LogP contribution >= 0.6 is 0 Å². The highest BCUT2D eigenvalue weighted by Crippen LogP contribution is 2.17. The fourth-order valence-corrected chi connectivity index (χ4v) is 3.16. The molecule has 7 heteroatoms. The average Bonchev–Trinajstić information content (AvgIpc) is 3.19. The van der Waals surface area contributed by atoms with Gasteiger partial charge in [0.1, 0.15) is 12.5 Å². The first kappa shape index (κ1) is 16.7. The van der Waals surface area contributed by atoms with Gasteiger partial charge in [0.15, 0.2) is 12.8 Å². The molecule has 1 fully saturated rings. The summed E-state index contributed by atoms with van der Waals surface area (Å²) in [5, 5.41) is 3.18. The molecule has 3 rings (SSSR count). The van der Waals surface area contributed by atoms with Crippen LogP contribution in [0, 0.1) is 0 Å². The Kier molecular flexibility index (Phi) is 6.01. The van der Waals surface area contributed by atoms with E-state index in [9.17, 15) is 4.79 Å². The van der Waals surface area contributed by atoms with E-state index in [1.54, 1.807) is 12.5 Å². The lowest BCUT2D eigenvalue weighted by molar-refractivity contribution is -0.123. The lowest BCUT2D eigenvalue weighted by Gasteiger charge is -2.22. The third-order valence-electron chi connectivity index (χ3n) is 4.33. The van der Waals surface area contributed by atoms with Gasteiger partial charge in [-0.3, -0.25) is 9.69 Å². The quantitative estimate of drug-likeness (QED) is 0.784. The van der Waals surface area contributed by atoms with Crippen LogP contribution in [0.3, 0.4) is 0 Å². The normalized spacial score (nSPS) is 16.2. The maximum Gasteiger partial charge on any atom is 0.234 e. The summed E-state index contributed by atoms with van der Waals surface area (Å²) in [6, 6.07) is 0.306. The SMILES string of the molecule is O=C(CN(Cc1cocn1)Cc1cocn1)NC1CCCCCC1. The molecule has 0 unspecified atom stereocenters. The van der Waals surface area contributed by atoms with Crippen molar-refractivity contribution >= 4 is 5.91 Å². The average molecular weight is 332 g/mol. The summed E-state index contributed by atoms with van der Waals surface area (Å²) < 4.78 is 10.0. The van der Waals surface area contributed by atoms with E-state index >= 15 is 0 Å². The zero-order valence-corrected chi connectivity index (χ0v) is 13.8. The predicted molar refractivity (Wildman–Crippen MR) is 86.8 cm³/mol. The molecule has 2 aromatic heterocycles. The first-order chi connectivity index (χ1) is 11.8. The van der Waals surface area contributed by atoms with Gasteiger partial charge in [-0.25, -0.2) is 9.97 Å². The molecule has 0 aliphatic heterocycles. The van der Waals surface area contributed by atoms with E-state index in [-0.39, 0.29) is 5.91 Å². The van der Waals surface area contributed by atoms with Gasteiger partial charge in [0.2, 0.25) is 5.91 Å². The zero-order valence-electron chi connectivity index (χ0n) is 13.8. The molecule has 0 saturated heterocycles. The number of nitrogens with one attached hydrogen (secondary N) is 1. The van der Waals surface area contributed by atoms with Crippen LogP contribution in [0.15, 0.2) is 34.1 Å². The Labute approximate surface area is 141 Å². The first-order valence-electron chi connectivity index (χ1n) is 8.55. The van der Waals surface area contributed by atoms with Crippen LogP contribution < -0.4 is 5.32 Å².